The molecule has 0 unspecified atom stereocenters. The number of pyridine rings is 1. The highest BCUT2D eigenvalue weighted by atomic mass is 16.1. The van der Waals surface area contributed by atoms with E-state index in [4.69, 9.17) is 0 Å². The van der Waals surface area contributed by atoms with Crippen LogP contribution >= 0.6 is 0 Å². The molecule has 2 heterocycles. The lowest BCUT2D eigenvalue weighted by Gasteiger charge is -2.18. The Balaban J connectivity index is 2.10. The predicted molar refractivity (Wildman–Crippen MR) is 93.9 cm³/mol. The van der Waals surface area contributed by atoms with Crippen LogP contribution in [0.1, 0.15) is 19.0 Å². The number of nitrogens with zero attached hydrogens (tertiary/aromatic N) is 3. The van der Waals surface area contributed by atoms with Gasteiger partial charge in [0.15, 0.2) is 5.82 Å². The third-order valence-electron chi connectivity index (χ3n) is 3.82. The Labute approximate surface area is 135 Å². The fourth-order valence-corrected chi connectivity index (χ4v) is 2.62. The van der Waals surface area contributed by atoms with Crippen LogP contribution in [0.4, 0.5) is 5.69 Å². The summed E-state index contributed by atoms with van der Waals surface area (Å²) >= 11 is 0. The summed E-state index contributed by atoms with van der Waals surface area (Å²) in [7, 11) is 2.03. The summed E-state index contributed by atoms with van der Waals surface area (Å²) in [5.74, 6) is 0.501. The highest BCUT2D eigenvalue weighted by Crippen LogP contribution is 2.20. The van der Waals surface area contributed by atoms with Crippen molar-refractivity contribution in [1.82, 2.24) is 15.0 Å². The molecule has 3 aromatic rings. The first-order chi connectivity index (χ1) is 11.1. The first-order valence-electron chi connectivity index (χ1n) is 7.77. The van der Waals surface area contributed by atoms with Gasteiger partial charge in [-0.05, 0) is 43.7 Å². The molecule has 0 aliphatic carbocycles. The van der Waals surface area contributed by atoms with Gasteiger partial charge in [0.1, 0.15) is 5.69 Å². The minimum atomic E-state index is -0.139. The van der Waals surface area contributed by atoms with Gasteiger partial charge in [0.25, 0.3) is 5.56 Å². The largest absolute Gasteiger partial charge is 0.375 e. The second-order valence-electron chi connectivity index (χ2n) is 5.70. The Morgan fingerprint density at radius 2 is 2.00 bits per heavy atom. The fourth-order valence-electron chi connectivity index (χ4n) is 2.62. The Kier molecular flexibility index (Phi) is 4.10. The van der Waals surface area contributed by atoms with E-state index in [9.17, 15) is 4.79 Å². The lowest BCUT2D eigenvalue weighted by atomic mass is 10.2. The summed E-state index contributed by atoms with van der Waals surface area (Å²) in [6.07, 6.45) is 1.06. The summed E-state index contributed by atoms with van der Waals surface area (Å²) in [4.78, 5) is 26.4. The van der Waals surface area contributed by atoms with Crippen LogP contribution in [0.3, 0.4) is 0 Å². The molecule has 0 saturated heterocycles. The van der Waals surface area contributed by atoms with Gasteiger partial charge in [0, 0.05) is 25.0 Å². The SMILES string of the molecule is CCCN(C)c1ccc2nc(-c3cccc(C)n3)[nH]c(=O)c2c1. The minimum Gasteiger partial charge on any atom is -0.375 e. The van der Waals surface area contributed by atoms with Crippen LogP contribution in [0.5, 0.6) is 0 Å². The number of rotatable bonds is 4. The van der Waals surface area contributed by atoms with Crippen molar-refractivity contribution in [2.24, 2.45) is 0 Å². The molecule has 0 aliphatic rings. The molecule has 0 amide bonds. The Bertz CT molecular complexity index is 901. The van der Waals surface area contributed by atoms with Gasteiger partial charge >= 0.3 is 0 Å². The Morgan fingerprint density at radius 3 is 2.74 bits per heavy atom. The lowest BCUT2D eigenvalue weighted by Crippen LogP contribution is -2.18. The normalized spacial score (nSPS) is 10.9. The highest BCUT2D eigenvalue weighted by Gasteiger charge is 2.09. The van der Waals surface area contributed by atoms with Crippen molar-refractivity contribution in [3.8, 4) is 11.5 Å². The molecule has 3 rings (SSSR count). The first-order valence-corrected chi connectivity index (χ1v) is 7.77. The average molecular weight is 308 g/mol. The molecule has 1 N–H and O–H groups in total. The third kappa shape index (κ3) is 3.08. The molecule has 0 saturated carbocycles. The van der Waals surface area contributed by atoms with Crippen LogP contribution < -0.4 is 10.5 Å². The molecule has 5 heteroatoms. The molecule has 2 aromatic heterocycles. The number of aromatic nitrogens is 3. The van der Waals surface area contributed by atoms with E-state index in [0.717, 1.165) is 24.3 Å². The fraction of sp³-hybridized carbons (Fsp3) is 0.278. The quantitative estimate of drug-likeness (QED) is 0.804. The molecule has 118 valence electrons. The number of benzene rings is 1. The number of nitrogens with one attached hydrogen (secondary N) is 1. The number of fused-ring (bicyclic) bond motifs is 1. The number of anilines is 1. The topological polar surface area (TPSA) is 61.9 Å². The van der Waals surface area contributed by atoms with E-state index >= 15 is 0 Å². The van der Waals surface area contributed by atoms with Gasteiger partial charge in [-0.25, -0.2) is 9.97 Å². The third-order valence-corrected chi connectivity index (χ3v) is 3.82. The first kappa shape index (κ1) is 15.2. The predicted octanol–water partition coefficient (Wildman–Crippen LogP) is 3.14. The highest BCUT2D eigenvalue weighted by molar-refractivity contribution is 5.83. The molecule has 23 heavy (non-hydrogen) atoms. The average Bonchev–Trinajstić information content (AvgIpc) is 2.54. The van der Waals surface area contributed by atoms with E-state index in [1.807, 2.05) is 50.4 Å². The molecular weight excluding hydrogens is 288 g/mol. The summed E-state index contributed by atoms with van der Waals surface area (Å²) in [6.45, 7) is 4.99. The number of H-pyrrole nitrogens is 1. The van der Waals surface area contributed by atoms with E-state index in [1.54, 1.807) is 0 Å². The van der Waals surface area contributed by atoms with E-state index in [-0.39, 0.29) is 5.56 Å². The summed E-state index contributed by atoms with van der Waals surface area (Å²) < 4.78 is 0. The van der Waals surface area contributed by atoms with Crippen LogP contribution in [0.25, 0.3) is 22.4 Å². The zero-order valence-electron chi connectivity index (χ0n) is 13.6. The van der Waals surface area contributed by atoms with Crippen molar-refractivity contribution in [2.45, 2.75) is 20.3 Å². The maximum atomic E-state index is 12.4. The molecule has 0 bridgehead atoms. The van der Waals surface area contributed by atoms with Crippen LogP contribution in [-0.2, 0) is 0 Å². The van der Waals surface area contributed by atoms with Crippen molar-refractivity contribution in [3.63, 3.8) is 0 Å². The number of hydrogen-bond donors (Lipinski definition) is 1. The van der Waals surface area contributed by atoms with Gasteiger partial charge < -0.3 is 9.88 Å². The van der Waals surface area contributed by atoms with E-state index in [1.165, 1.54) is 0 Å². The van der Waals surface area contributed by atoms with E-state index < -0.39 is 0 Å². The van der Waals surface area contributed by atoms with Gasteiger partial charge in [-0.3, -0.25) is 4.79 Å². The Hall–Kier alpha value is -2.69. The van der Waals surface area contributed by atoms with Gasteiger partial charge in [-0.2, -0.15) is 0 Å². The molecule has 1 aromatic carbocycles. The van der Waals surface area contributed by atoms with Crippen molar-refractivity contribution < 1.29 is 0 Å². The van der Waals surface area contributed by atoms with Gasteiger partial charge in [0.2, 0.25) is 0 Å². The molecule has 5 nitrogen and oxygen atoms in total. The molecule has 0 fully saturated rings. The maximum absolute atomic E-state index is 12.4. The second kappa shape index (κ2) is 6.20. The van der Waals surface area contributed by atoms with Crippen molar-refractivity contribution in [2.75, 3.05) is 18.5 Å². The lowest BCUT2D eigenvalue weighted by molar-refractivity contribution is 0.853. The summed E-state index contributed by atoms with van der Waals surface area (Å²) in [6, 6.07) is 11.5. The van der Waals surface area contributed by atoms with Crippen molar-refractivity contribution in [1.29, 1.82) is 0 Å². The van der Waals surface area contributed by atoms with Crippen molar-refractivity contribution >= 4 is 16.6 Å². The zero-order valence-corrected chi connectivity index (χ0v) is 13.6. The standard InChI is InChI=1S/C18H20N4O/c1-4-10-22(3)13-8-9-15-14(11-13)18(23)21-17(20-15)16-7-5-6-12(2)19-16/h5-9,11H,4,10H2,1-3H3,(H,20,21,23). The van der Waals surface area contributed by atoms with Crippen LogP contribution in [0.15, 0.2) is 41.2 Å². The monoisotopic (exact) mass is 308 g/mol. The molecule has 0 atom stereocenters. The summed E-state index contributed by atoms with van der Waals surface area (Å²) in [5.41, 5.74) is 3.13. The zero-order chi connectivity index (χ0) is 16.4. The van der Waals surface area contributed by atoms with Crippen LogP contribution in [0.2, 0.25) is 0 Å². The van der Waals surface area contributed by atoms with Gasteiger partial charge in [0.05, 0.1) is 10.9 Å². The smallest absolute Gasteiger partial charge is 0.259 e. The molecular formula is C18H20N4O. The van der Waals surface area contributed by atoms with E-state index in [2.05, 4.69) is 26.8 Å². The number of aryl methyl sites for hydroxylation is 1. The van der Waals surface area contributed by atoms with Crippen LogP contribution in [-0.4, -0.2) is 28.5 Å². The van der Waals surface area contributed by atoms with Crippen LogP contribution in [0, 0.1) is 6.92 Å². The van der Waals surface area contributed by atoms with Gasteiger partial charge in [-0.15, -0.1) is 0 Å². The molecule has 0 aliphatic heterocycles. The Morgan fingerprint density at radius 1 is 1.17 bits per heavy atom. The van der Waals surface area contributed by atoms with E-state index in [0.29, 0.717) is 22.4 Å². The molecule has 0 spiro atoms. The minimum absolute atomic E-state index is 0.139. The number of hydrogen-bond acceptors (Lipinski definition) is 4. The second-order valence-corrected chi connectivity index (χ2v) is 5.70. The summed E-state index contributed by atoms with van der Waals surface area (Å²) in [5, 5.41) is 0.599. The maximum Gasteiger partial charge on any atom is 0.259 e. The molecule has 0 radical (unpaired) electrons. The van der Waals surface area contributed by atoms with Crippen molar-refractivity contribution in [3.05, 3.63) is 52.4 Å². The van der Waals surface area contributed by atoms with Gasteiger partial charge in [-0.1, -0.05) is 13.0 Å². The number of aromatic amines is 1.